The molecule has 1 aliphatic carbocycles. The van der Waals surface area contributed by atoms with Crippen molar-refractivity contribution in [1.82, 2.24) is 10.2 Å². The lowest BCUT2D eigenvalue weighted by atomic mass is 9.83. The molecule has 0 aliphatic heterocycles. The molecule has 1 heterocycles. The SMILES string of the molecule is CCC(Nc1ccc(C(N)=O)nn1)C1CCCCC1. The Morgan fingerprint density at radius 2 is 2.11 bits per heavy atom. The van der Waals surface area contributed by atoms with Gasteiger partial charge in [-0.25, -0.2) is 0 Å². The van der Waals surface area contributed by atoms with Gasteiger partial charge in [0.2, 0.25) is 0 Å². The molecule has 0 saturated heterocycles. The zero-order valence-corrected chi connectivity index (χ0v) is 11.4. The number of nitrogens with two attached hydrogens (primary N) is 1. The molecule has 1 amide bonds. The summed E-state index contributed by atoms with van der Waals surface area (Å²) < 4.78 is 0. The average molecular weight is 262 g/mol. The molecule has 0 radical (unpaired) electrons. The number of nitrogens with zero attached hydrogens (tertiary/aromatic N) is 2. The third kappa shape index (κ3) is 3.66. The van der Waals surface area contributed by atoms with Crippen molar-refractivity contribution in [3.8, 4) is 0 Å². The normalized spacial score (nSPS) is 17.9. The Labute approximate surface area is 114 Å². The summed E-state index contributed by atoms with van der Waals surface area (Å²) in [4.78, 5) is 10.9. The summed E-state index contributed by atoms with van der Waals surface area (Å²) in [5, 5.41) is 11.3. The predicted octanol–water partition coefficient (Wildman–Crippen LogP) is 2.35. The highest BCUT2D eigenvalue weighted by Gasteiger charge is 2.22. The molecular formula is C14H22N4O. The van der Waals surface area contributed by atoms with Crippen molar-refractivity contribution in [1.29, 1.82) is 0 Å². The molecule has 3 N–H and O–H groups in total. The summed E-state index contributed by atoms with van der Waals surface area (Å²) >= 11 is 0. The van der Waals surface area contributed by atoms with Crippen LogP contribution in [0, 0.1) is 5.92 Å². The smallest absolute Gasteiger partial charge is 0.269 e. The Balaban J connectivity index is 1.99. The Morgan fingerprint density at radius 3 is 2.63 bits per heavy atom. The van der Waals surface area contributed by atoms with Gasteiger partial charge < -0.3 is 11.1 Å². The third-order valence-electron chi connectivity index (χ3n) is 3.91. The van der Waals surface area contributed by atoms with E-state index in [-0.39, 0.29) is 5.69 Å². The van der Waals surface area contributed by atoms with E-state index >= 15 is 0 Å². The van der Waals surface area contributed by atoms with E-state index in [0.29, 0.717) is 6.04 Å². The van der Waals surface area contributed by atoms with Gasteiger partial charge in [-0.05, 0) is 37.3 Å². The molecule has 0 bridgehead atoms. The first-order valence-corrected chi connectivity index (χ1v) is 7.10. The maximum absolute atomic E-state index is 10.9. The van der Waals surface area contributed by atoms with Crippen LogP contribution in [0.5, 0.6) is 0 Å². The van der Waals surface area contributed by atoms with Crippen LogP contribution < -0.4 is 11.1 Å². The first-order valence-electron chi connectivity index (χ1n) is 7.10. The lowest BCUT2D eigenvalue weighted by molar-refractivity contribution is 0.0994. The number of hydrogen-bond donors (Lipinski definition) is 2. The summed E-state index contributed by atoms with van der Waals surface area (Å²) in [5.41, 5.74) is 5.35. The minimum absolute atomic E-state index is 0.205. The first-order chi connectivity index (χ1) is 9.20. The van der Waals surface area contributed by atoms with Crippen LogP contribution in [0.2, 0.25) is 0 Å². The Bertz CT molecular complexity index is 412. The number of hydrogen-bond acceptors (Lipinski definition) is 4. The monoisotopic (exact) mass is 262 g/mol. The molecule has 104 valence electrons. The lowest BCUT2D eigenvalue weighted by Gasteiger charge is -2.30. The van der Waals surface area contributed by atoms with E-state index in [9.17, 15) is 4.79 Å². The van der Waals surface area contributed by atoms with E-state index in [1.54, 1.807) is 12.1 Å². The zero-order chi connectivity index (χ0) is 13.7. The summed E-state index contributed by atoms with van der Waals surface area (Å²) in [6.45, 7) is 2.19. The minimum Gasteiger partial charge on any atom is -0.366 e. The topological polar surface area (TPSA) is 80.9 Å². The number of aromatic nitrogens is 2. The third-order valence-corrected chi connectivity index (χ3v) is 3.91. The Kier molecular flexibility index (Phi) is 4.71. The van der Waals surface area contributed by atoms with Gasteiger partial charge in [0.15, 0.2) is 5.69 Å². The van der Waals surface area contributed by atoms with Crippen molar-refractivity contribution in [2.45, 2.75) is 51.5 Å². The quantitative estimate of drug-likeness (QED) is 0.853. The Morgan fingerprint density at radius 1 is 1.37 bits per heavy atom. The fraction of sp³-hybridized carbons (Fsp3) is 0.643. The standard InChI is InChI=1S/C14H22N4O/c1-2-11(10-6-4-3-5-7-10)16-13-9-8-12(14(15)19)17-18-13/h8-11H,2-7H2,1H3,(H2,15,19)(H,16,18). The zero-order valence-electron chi connectivity index (χ0n) is 11.4. The summed E-state index contributed by atoms with van der Waals surface area (Å²) in [6.07, 6.45) is 7.67. The maximum atomic E-state index is 10.9. The van der Waals surface area contributed by atoms with Gasteiger partial charge in [0.05, 0.1) is 0 Å². The average Bonchev–Trinajstić information content (AvgIpc) is 2.46. The van der Waals surface area contributed by atoms with E-state index in [1.807, 2.05) is 0 Å². The number of amides is 1. The first kappa shape index (κ1) is 13.8. The van der Waals surface area contributed by atoms with E-state index < -0.39 is 5.91 Å². The van der Waals surface area contributed by atoms with Gasteiger partial charge >= 0.3 is 0 Å². The fourth-order valence-electron chi connectivity index (χ4n) is 2.82. The maximum Gasteiger partial charge on any atom is 0.269 e. The van der Waals surface area contributed by atoms with Crippen LogP contribution in [0.15, 0.2) is 12.1 Å². The lowest BCUT2D eigenvalue weighted by Crippen LogP contribution is -2.30. The molecule has 5 heteroatoms. The second kappa shape index (κ2) is 6.50. The molecule has 1 aromatic heterocycles. The number of rotatable bonds is 5. The summed E-state index contributed by atoms with van der Waals surface area (Å²) in [7, 11) is 0. The van der Waals surface area contributed by atoms with E-state index in [2.05, 4.69) is 22.4 Å². The number of carbonyl (C=O) groups is 1. The molecule has 0 aromatic carbocycles. The minimum atomic E-state index is -0.543. The second-order valence-electron chi connectivity index (χ2n) is 5.23. The number of anilines is 1. The van der Waals surface area contributed by atoms with Crippen molar-refractivity contribution in [2.24, 2.45) is 11.7 Å². The van der Waals surface area contributed by atoms with Crippen LogP contribution in [0.25, 0.3) is 0 Å². The molecule has 1 aromatic rings. The van der Waals surface area contributed by atoms with Crippen molar-refractivity contribution >= 4 is 11.7 Å². The van der Waals surface area contributed by atoms with Crippen LogP contribution >= 0.6 is 0 Å². The van der Waals surface area contributed by atoms with Gasteiger partial charge in [0, 0.05) is 6.04 Å². The second-order valence-corrected chi connectivity index (χ2v) is 5.23. The van der Waals surface area contributed by atoms with Gasteiger partial charge in [-0.3, -0.25) is 4.79 Å². The summed E-state index contributed by atoms with van der Waals surface area (Å²) in [5.74, 6) is 0.900. The fourth-order valence-corrected chi connectivity index (χ4v) is 2.82. The molecule has 1 fully saturated rings. The molecule has 19 heavy (non-hydrogen) atoms. The number of primary amides is 1. The van der Waals surface area contributed by atoms with E-state index in [0.717, 1.165) is 18.2 Å². The van der Waals surface area contributed by atoms with Gasteiger partial charge in [0.1, 0.15) is 5.82 Å². The Hall–Kier alpha value is -1.65. The van der Waals surface area contributed by atoms with Crippen molar-refractivity contribution in [3.63, 3.8) is 0 Å². The van der Waals surface area contributed by atoms with Crippen molar-refractivity contribution in [2.75, 3.05) is 5.32 Å². The van der Waals surface area contributed by atoms with Crippen LogP contribution in [0.3, 0.4) is 0 Å². The highest BCUT2D eigenvalue weighted by molar-refractivity contribution is 5.90. The van der Waals surface area contributed by atoms with Gasteiger partial charge in [-0.15, -0.1) is 10.2 Å². The largest absolute Gasteiger partial charge is 0.366 e. The van der Waals surface area contributed by atoms with E-state index in [1.165, 1.54) is 32.1 Å². The van der Waals surface area contributed by atoms with Gasteiger partial charge in [-0.2, -0.15) is 0 Å². The molecule has 2 rings (SSSR count). The molecule has 5 nitrogen and oxygen atoms in total. The summed E-state index contributed by atoms with van der Waals surface area (Å²) in [6, 6.07) is 3.83. The predicted molar refractivity (Wildman–Crippen MR) is 74.8 cm³/mol. The van der Waals surface area contributed by atoms with Crippen molar-refractivity contribution < 1.29 is 4.79 Å². The van der Waals surface area contributed by atoms with E-state index in [4.69, 9.17) is 5.73 Å². The highest BCUT2D eigenvalue weighted by atomic mass is 16.1. The van der Waals surface area contributed by atoms with Gasteiger partial charge in [0.25, 0.3) is 5.91 Å². The molecule has 1 aliphatic rings. The molecule has 1 atom stereocenters. The molecule has 0 spiro atoms. The highest BCUT2D eigenvalue weighted by Crippen LogP contribution is 2.29. The van der Waals surface area contributed by atoms with Crippen LogP contribution in [0.4, 0.5) is 5.82 Å². The van der Waals surface area contributed by atoms with Crippen LogP contribution in [-0.2, 0) is 0 Å². The van der Waals surface area contributed by atoms with Crippen LogP contribution in [-0.4, -0.2) is 22.1 Å². The molecule has 1 saturated carbocycles. The van der Waals surface area contributed by atoms with Crippen molar-refractivity contribution in [3.05, 3.63) is 17.8 Å². The molecular weight excluding hydrogens is 240 g/mol. The van der Waals surface area contributed by atoms with Gasteiger partial charge in [-0.1, -0.05) is 26.2 Å². The molecule has 1 unspecified atom stereocenters. The van der Waals surface area contributed by atoms with Crippen LogP contribution in [0.1, 0.15) is 55.9 Å². The number of carbonyl (C=O) groups excluding carboxylic acids is 1. The number of nitrogens with one attached hydrogen (secondary N) is 1.